The Bertz CT molecular complexity index is 554. The predicted molar refractivity (Wildman–Crippen MR) is 88.3 cm³/mol. The Labute approximate surface area is 127 Å². The van der Waals surface area contributed by atoms with Crippen molar-refractivity contribution in [2.75, 3.05) is 19.4 Å². The van der Waals surface area contributed by atoms with Gasteiger partial charge in [0.2, 0.25) is 0 Å². The molecule has 2 aromatic carbocycles. The average Bonchev–Trinajstić information content (AvgIpc) is 2.49. The van der Waals surface area contributed by atoms with Gasteiger partial charge in [0.05, 0.1) is 12.8 Å². The summed E-state index contributed by atoms with van der Waals surface area (Å²) in [4.78, 5) is 2.44. The van der Waals surface area contributed by atoms with Gasteiger partial charge in [0.25, 0.3) is 0 Å². The van der Waals surface area contributed by atoms with Gasteiger partial charge in [-0.05, 0) is 36.2 Å². The molecule has 2 rings (SSSR count). The highest BCUT2D eigenvalue weighted by Gasteiger charge is 2.08. The van der Waals surface area contributed by atoms with Crippen LogP contribution < -0.4 is 10.5 Å². The number of anilines is 1. The summed E-state index contributed by atoms with van der Waals surface area (Å²) in [7, 11) is 1.64. The maximum Gasteiger partial charge on any atom is 0.141 e. The molecule has 3 nitrogen and oxygen atoms in total. The molecule has 0 atom stereocenters. The van der Waals surface area contributed by atoms with Crippen molar-refractivity contribution in [3.8, 4) is 5.75 Å². The van der Waals surface area contributed by atoms with Crippen LogP contribution in [0.15, 0.2) is 48.5 Å². The number of benzene rings is 2. The van der Waals surface area contributed by atoms with Crippen molar-refractivity contribution in [2.45, 2.75) is 26.4 Å². The summed E-state index contributed by atoms with van der Waals surface area (Å²) in [5, 5.41) is 0. The van der Waals surface area contributed by atoms with Crippen LogP contribution in [0.4, 0.5) is 5.69 Å². The van der Waals surface area contributed by atoms with Crippen LogP contribution in [0.1, 0.15) is 24.5 Å². The second kappa shape index (κ2) is 7.70. The molecule has 0 aromatic heterocycles. The second-order valence-corrected chi connectivity index (χ2v) is 5.27. The lowest BCUT2D eigenvalue weighted by atomic mass is 10.1. The van der Waals surface area contributed by atoms with E-state index in [1.807, 2.05) is 12.1 Å². The highest BCUT2D eigenvalue weighted by Crippen LogP contribution is 2.23. The molecule has 0 saturated carbocycles. The molecule has 0 amide bonds. The number of nitrogen functional groups attached to an aromatic ring is 1. The van der Waals surface area contributed by atoms with Gasteiger partial charge in [-0.25, -0.2) is 0 Å². The Morgan fingerprint density at radius 1 is 1.00 bits per heavy atom. The number of hydrogen-bond acceptors (Lipinski definition) is 3. The van der Waals surface area contributed by atoms with Crippen molar-refractivity contribution >= 4 is 5.69 Å². The largest absolute Gasteiger partial charge is 0.495 e. The van der Waals surface area contributed by atoms with E-state index in [1.165, 1.54) is 11.1 Å². The lowest BCUT2D eigenvalue weighted by Crippen LogP contribution is -2.23. The molecule has 0 aliphatic carbocycles. The van der Waals surface area contributed by atoms with Gasteiger partial charge < -0.3 is 10.5 Å². The molecule has 0 unspecified atom stereocenters. The van der Waals surface area contributed by atoms with Crippen molar-refractivity contribution in [2.24, 2.45) is 0 Å². The fraction of sp³-hybridized carbons (Fsp3) is 0.333. The van der Waals surface area contributed by atoms with Crippen molar-refractivity contribution in [1.29, 1.82) is 0 Å². The van der Waals surface area contributed by atoms with Gasteiger partial charge in [-0.15, -0.1) is 0 Å². The van der Waals surface area contributed by atoms with Crippen LogP contribution in [-0.2, 0) is 13.1 Å². The molecule has 3 heteroatoms. The van der Waals surface area contributed by atoms with Crippen molar-refractivity contribution in [3.63, 3.8) is 0 Å². The van der Waals surface area contributed by atoms with E-state index < -0.39 is 0 Å². The first-order chi connectivity index (χ1) is 10.2. The van der Waals surface area contributed by atoms with Crippen LogP contribution in [0.25, 0.3) is 0 Å². The van der Waals surface area contributed by atoms with E-state index in [-0.39, 0.29) is 0 Å². The van der Waals surface area contributed by atoms with Crippen LogP contribution in [-0.4, -0.2) is 18.6 Å². The highest BCUT2D eigenvalue weighted by molar-refractivity contribution is 5.54. The first kappa shape index (κ1) is 15.4. The van der Waals surface area contributed by atoms with E-state index in [9.17, 15) is 0 Å². The molecular formula is C18H24N2O. The van der Waals surface area contributed by atoms with Crippen molar-refractivity contribution in [1.82, 2.24) is 4.90 Å². The number of rotatable bonds is 7. The fourth-order valence-corrected chi connectivity index (χ4v) is 2.51. The lowest BCUT2D eigenvalue weighted by molar-refractivity contribution is 0.257. The second-order valence-electron chi connectivity index (χ2n) is 5.27. The summed E-state index contributed by atoms with van der Waals surface area (Å²) >= 11 is 0. The normalized spacial score (nSPS) is 10.8. The molecule has 0 aliphatic heterocycles. The summed E-state index contributed by atoms with van der Waals surface area (Å²) in [6, 6.07) is 16.6. The van der Waals surface area contributed by atoms with E-state index in [4.69, 9.17) is 10.5 Å². The SMILES string of the molecule is CCCN(Cc1ccccc1)Cc1ccc(OC)c(N)c1. The average molecular weight is 284 g/mol. The molecule has 21 heavy (non-hydrogen) atoms. The van der Waals surface area contributed by atoms with Gasteiger partial charge in [0, 0.05) is 13.1 Å². The van der Waals surface area contributed by atoms with E-state index in [0.29, 0.717) is 5.69 Å². The third-order valence-electron chi connectivity index (χ3n) is 3.49. The first-order valence-corrected chi connectivity index (χ1v) is 7.41. The molecule has 112 valence electrons. The van der Waals surface area contributed by atoms with Gasteiger partial charge in [-0.3, -0.25) is 4.90 Å². The third kappa shape index (κ3) is 4.50. The summed E-state index contributed by atoms with van der Waals surface area (Å²) < 4.78 is 5.21. The first-order valence-electron chi connectivity index (χ1n) is 7.41. The molecule has 2 aromatic rings. The van der Waals surface area contributed by atoms with Crippen LogP contribution in [0.3, 0.4) is 0 Å². The number of ether oxygens (including phenoxy) is 1. The lowest BCUT2D eigenvalue weighted by Gasteiger charge is -2.22. The zero-order valence-electron chi connectivity index (χ0n) is 12.9. The van der Waals surface area contributed by atoms with Gasteiger partial charge in [-0.1, -0.05) is 43.3 Å². The fourth-order valence-electron chi connectivity index (χ4n) is 2.51. The van der Waals surface area contributed by atoms with Crippen molar-refractivity contribution in [3.05, 3.63) is 59.7 Å². The minimum Gasteiger partial charge on any atom is -0.495 e. The minimum absolute atomic E-state index is 0.700. The summed E-state index contributed by atoms with van der Waals surface area (Å²) in [5.41, 5.74) is 9.25. The van der Waals surface area contributed by atoms with E-state index in [2.05, 4.69) is 48.2 Å². The highest BCUT2D eigenvalue weighted by atomic mass is 16.5. The topological polar surface area (TPSA) is 38.5 Å². The molecule has 0 radical (unpaired) electrons. The molecule has 0 bridgehead atoms. The zero-order valence-corrected chi connectivity index (χ0v) is 12.9. The van der Waals surface area contributed by atoms with Crippen LogP contribution in [0.2, 0.25) is 0 Å². The van der Waals surface area contributed by atoms with Crippen molar-refractivity contribution < 1.29 is 4.74 Å². The smallest absolute Gasteiger partial charge is 0.141 e. The Kier molecular flexibility index (Phi) is 5.64. The molecule has 0 spiro atoms. The van der Waals surface area contributed by atoms with Gasteiger partial charge in [0.15, 0.2) is 0 Å². The Hall–Kier alpha value is -2.00. The Morgan fingerprint density at radius 2 is 1.71 bits per heavy atom. The summed E-state index contributed by atoms with van der Waals surface area (Å²) in [5.74, 6) is 0.740. The predicted octanol–water partition coefficient (Wildman–Crippen LogP) is 3.69. The molecule has 2 N–H and O–H groups in total. The van der Waals surface area contributed by atoms with Crippen LogP contribution in [0, 0.1) is 0 Å². The molecular weight excluding hydrogens is 260 g/mol. The van der Waals surface area contributed by atoms with Gasteiger partial charge in [-0.2, -0.15) is 0 Å². The maximum absolute atomic E-state index is 5.99. The van der Waals surface area contributed by atoms with Gasteiger partial charge >= 0.3 is 0 Å². The molecule has 0 heterocycles. The Morgan fingerprint density at radius 3 is 2.33 bits per heavy atom. The van der Waals surface area contributed by atoms with Gasteiger partial charge in [0.1, 0.15) is 5.75 Å². The van der Waals surface area contributed by atoms with E-state index in [0.717, 1.165) is 31.8 Å². The minimum atomic E-state index is 0.700. The van der Waals surface area contributed by atoms with Crippen LogP contribution in [0.5, 0.6) is 5.75 Å². The number of nitrogens with zero attached hydrogens (tertiary/aromatic N) is 1. The number of hydrogen-bond donors (Lipinski definition) is 1. The summed E-state index contributed by atoms with van der Waals surface area (Å²) in [6.45, 7) is 5.14. The van der Waals surface area contributed by atoms with E-state index in [1.54, 1.807) is 7.11 Å². The van der Waals surface area contributed by atoms with Crippen LogP contribution >= 0.6 is 0 Å². The quantitative estimate of drug-likeness (QED) is 0.788. The molecule has 0 saturated heterocycles. The summed E-state index contributed by atoms with van der Waals surface area (Å²) in [6.07, 6.45) is 1.14. The standard InChI is InChI=1S/C18H24N2O/c1-3-11-20(13-15-7-5-4-6-8-15)14-16-9-10-18(21-2)17(19)12-16/h4-10,12H,3,11,13-14,19H2,1-2H3. The zero-order chi connectivity index (χ0) is 15.1. The number of nitrogens with two attached hydrogens (primary N) is 1. The monoisotopic (exact) mass is 284 g/mol. The molecule has 0 aliphatic rings. The Balaban J connectivity index is 2.07. The maximum atomic E-state index is 5.99. The number of methoxy groups -OCH3 is 1. The molecule has 0 fully saturated rings. The third-order valence-corrected chi connectivity index (χ3v) is 3.49. The van der Waals surface area contributed by atoms with E-state index >= 15 is 0 Å².